The molecule has 0 radical (unpaired) electrons. The maximum atomic E-state index is 12.9. The molecule has 0 spiro atoms. The Hall–Kier alpha value is -1.70. The molecule has 3 aromatic rings. The minimum absolute atomic E-state index is 0.230. The number of rotatable bonds is 6. The fourth-order valence-electron chi connectivity index (χ4n) is 2.24. The molecule has 27 heavy (non-hydrogen) atoms. The third-order valence-electron chi connectivity index (χ3n) is 3.53. The van der Waals surface area contributed by atoms with Crippen molar-refractivity contribution in [1.82, 2.24) is 0 Å². The molecule has 0 fully saturated rings. The molecule has 1 aromatic heterocycles. The molecule has 0 amide bonds. The SMILES string of the molecule is O=C(/C=C/c1ccc(COc2c(Br)cc(Br)cc2Br)o1)c1ccc(F)cc1. The number of carbonyl (C=O) groups excluding carboxylic acids is 1. The van der Waals surface area contributed by atoms with Gasteiger partial charge >= 0.3 is 0 Å². The van der Waals surface area contributed by atoms with Gasteiger partial charge in [0.25, 0.3) is 0 Å². The number of ketones is 1. The summed E-state index contributed by atoms with van der Waals surface area (Å²) >= 11 is 10.3. The maximum Gasteiger partial charge on any atom is 0.185 e. The number of halogens is 4. The molecule has 0 unspecified atom stereocenters. The van der Waals surface area contributed by atoms with Gasteiger partial charge in [0, 0.05) is 10.0 Å². The van der Waals surface area contributed by atoms with Crippen LogP contribution in [0.4, 0.5) is 4.39 Å². The summed E-state index contributed by atoms with van der Waals surface area (Å²) in [5, 5.41) is 0. The third-order valence-corrected chi connectivity index (χ3v) is 5.17. The van der Waals surface area contributed by atoms with E-state index in [1.807, 2.05) is 12.1 Å². The molecule has 0 saturated heterocycles. The molecule has 0 aliphatic heterocycles. The van der Waals surface area contributed by atoms with E-state index in [-0.39, 0.29) is 18.2 Å². The second kappa shape index (κ2) is 8.99. The summed E-state index contributed by atoms with van der Waals surface area (Å²) in [5.74, 6) is 1.20. The number of allylic oxidation sites excluding steroid dienone is 1. The van der Waals surface area contributed by atoms with Crippen molar-refractivity contribution in [2.75, 3.05) is 0 Å². The number of carbonyl (C=O) groups is 1. The van der Waals surface area contributed by atoms with E-state index in [0.717, 1.165) is 13.4 Å². The molecule has 0 saturated carbocycles. The van der Waals surface area contributed by atoms with Gasteiger partial charge in [-0.2, -0.15) is 0 Å². The van der Waals surface area contributed by atoms with Gasteiger partial charge in [-0.05, 0) is 92.5 Å². The molecule has 138 valence electrons. The van der Waals surface area contributed by atoms with Crippen LogP contribution < -0.4 is 4.74 Å². The van der Waals surface area contributed by atoms with E-state index in [1.54, 1.807) is 18.2 Å². The second-order valence-corrected chi connectivity index (χ2v) is 8.12. The van der Waals surface area contributed by atoms with E-state index in [2.05, 4.69) is 47.8 Å². The van der Waals surface area contributed by atoms with E-state index < -0.39 is 0 Å². The van der Waals surface area contributed by atoms with Crippen LogP contribution in [-0.2, 0) is 6.61 Å². The van der Waals surface area contributed by atoms with Crippen molar-refractivity contribution in [2.24, 2.45) is 0 Å². The first-order chi connectivity index (χ1) is 12.9. The summed E-state index contributed by atoms with van der Waals surface area (Å²) in [5.41, 5.74) is 0.410. The molecule has 0 atom stereocenters. The molecule has 3 rings (SSSR count). The van der Waals surface area contributed by atoms with Gasteiger partial charge in [-0.25, -0.2) is 4.39 Å². The molecule has 2 aromatic carbocycles. The molecule has 7 heteroatoms. The lowest BCUT2D eigenvalue weighted by Crippen LogP contribution is -1.95. The second-order valence-electron chi connectivity index (χ2n) is 5.50. The summed E-state index contributed by atoms with van der Waals surface area (Å²) in [6, 6.07) is 12.7. The van der Waals surface area contributed by atoms with Gasteiger partial charge in [-0.3, -0.25) is 4.79 Å². The first-order valence-corrected chi connectivity index (χ1v) is 10.1. The highest BCUT2D eigenvalue weighted by Gasteiger charge is 2.10. The van der Waals surface area contributed by atoms with E-state index in [1.165, 1.54) is 30.3 Å². The molecule has 0 N–H and O–H groups in total. The normalized spacial score (nSPS) is 11.1. The van der Waals surface area contributed by atoms with Gasteiger partial charge in [-0.1, -0.05) is 15.9 Å². The molecular weight excluding hydrogens is 547 g/mol. The standard InChI is InChI=1S/C20H12Br3FO3/c21-13-9-17(22)20(18(23)10-13)26-11-16-6-5-15(27-16)7-8-19(25)12-1-3-14(24)4-2-12/h1-10H,11H2/b8-7+. The van der Waals surface area contributed by atoms with E-state index in [4.69, 9.17) is 9.15 Å². The van der Waals surface area contributed by atoms with Crippen molar-refractivity contribution < 1.29 is 18.3 Å². The Morgan fingerprint density at radius 1 is 1.04 bits per heavy atom. The van der Waals surface area contributed by atoms with Crippen molar-refractivity contribution >= 4 is 59.6 Å². The highest BCUT2D eigenvalue weighted by molar-refractivity contribution is 9.11. The predicted molar refractivity (Wildman–Crippen MR) is 112 cm³/mol. The van der Waals surface area contributed by atoms with Gasteiger partial charge in [0.15, 0.2) is 5.78 Å². The number of hydrogen-bond donors (Lipinski definition) is 0. The van der Waals surface area contributed by atoms with Gasteiger partial charge in [0.2, 0.25) is 0 Å². The van der Waals surface area contributed by atoms with Crippen LogP contribution in [0.3, 0.4) is 0 Å². The summed E-state index contributed by atoms with van der Waals surface area (Å²) < 4.78 is 26.9. The fraction of sp³-hybridized carbons (Fsp3) is 0.0500. The molecule has 1 heterocycles. The first kappa shape index (κ1) is 20.0. The van der Waals surface area contributed by atoms with E-state index in [9.17, 15) is 9.18 Å². The Morgan fingerprint density at radius 2 is 1.70 bits per heavy atom. The van der Waals surface area contributed by atoms with Crippen LogP contribution in [0.5, 0.6) is 5.75 Å². The van der Waals surface area contributed by atoms with Crippen LogP contribution in [0.1, 0.15) is 21.9 Å². The van der Waals surface area contributed by atoms with Crippen molar-refractivity contribution in [3.8, 4) is 5.75 Å². The zero-order valence-electron chi connectivity index (χ0n) is 13.7. The maximum absolute atomic E-state index is 12.9. The summed E-state index contributed by atoms with van der Waals surface area (Å²) in [4.78, 5) is 12.1. The molecule has 0 aliphatic rings. The summed E-state index contributed by atoms with van der Waals surface area (Å²) in [7, 11) is 0. The first-order valence-electron chi connectivity index (χ1n) is 7.76. The Balaban J connectivity index is 1.63. The minimum atomic E-state index is -0.379. The largest absolute Gasteiger partial charge is 0.483 e. The van der Waals surface area contributed by atoms with Crippen LogP contribution in [0, 0.1) is 5.82 Å². The van der Waals surface area contributed by atoms with Gasteiger partial charge in [-0.15, -0.1) is 0 Å². The highest BCUT2D eigenvalue weighted by Crippen LogP contribution is 2.36. The van der Waals surface area contributed by atoms with Crippen LogP contribution in [0.15, 0.2) is 72.4 Å². The lowest BCUT2D eigenvalue weighted by molar-refractivity contribution is 0.104. The third kappa shape index (κ3) is 5.40. The molecule has 0 aliphatic carbocycles. The smallest absolute Gasteiger partial charge is 0.185 e. The Kier molecular flexibility index (Phi) is 6.68. The van der Waals surface area contributed by atoms with Crippen LogP contribution in [0.25, 0.3) is 6.08 Å². The Bertz CT molecular complexity index is 971. The molecular formula is C20H12Br3FO3. The highest BCUT2D eigenvalue weighted by atomic mass is 79.9. The Labute approximate surface area is 180 Å². The van der Waals surface area contributed by atoms with Gasteiger partial charge < -0.3 is 9.15 Å². The number of furan rings is 1. The van der Waals surface area contributed by atoms with Crippen molar-refractivity contribution in [1.29, 1.82) is 0 Å². The van der Waals surface area contributed by atoms with Crippen LogP contribution in [0.2, 0.25) is 0 Å². The minimum Gasteiger partial charge on any atom is -0.483 e. The van der Waals surface area contributed by atoms with E-state index >= 15 is 0 Å². The molecule has 0 bridgehead atoms. The summed E-state index contributed by atoms with van der Waals surface area (Å²) in [6.45, 7) is 0.235. The zero-order valence-corrected chi connectivity index (χ0v) is 18.5. The van der Waals surface area contributed by atoms with Crippen molar-refractivity contribution in [3.63, 3.8) is 0 Å². The van der Waals surface area contributed by atoms with Crippen molar-refractivity contribution in [3.05, 3.63) is 90.9 Å². The van der Waals surface area contributed by atoms with E-state index in [0.29, 0.717) is 22.8 Å². The summed E-state index contributed by atoms with van der Waals surface area (Å²) in [6.07, 6.45) is 2.96. The zero-order chi connectivity index (χ0) is 19.4. The lowest BCUT2D eigenvalue weighted by atomic mass is 10.1. The van der Waals surface area contributed by atoms with Crippen LogP contribution in [-0.4, -0.2) is 5.78 Å². The monoisotopic (exact) mass is 556 g/mol. The quantitative estimate of drug-likeness (QED) is 0.238. The average molecular weight is 559 g/mol. The average Bonchev–Trinajstić information content (AvgIpc) is 3.07. The number of ether oxygens (including phenoxy) is 1. The lowest BCUT2D eigenvalue weighted by Gasteiger charge is -2.09. The van der Waals surface area contributed by atoms with Crippen molar-refractivity contribution in [2.45, 2.75) is 6.61 Å². The predicted octanol–water partition coefficient (Wildman–Crippen LogP) is 7.18. The molecule has 3 nitrogen and oxygen atoms in total. The fourth-order valence-corrected chi connectivity index (χ4v) is 4.73. The number of hydrogen-bond acceptors (Lipinski definition) is 3. The Morgan fingerprint density at radius 3 is 2.37 bits per heavy atom. The van der Waals surface area contributed by atoms with Gasteiger partial charge in [0.1, 0.15) is 29.7 Å². The topological polar surface area (TPSA) is 39.4 Å². The van der Waals surface area contributed by atoms with Gasteiger partial charge in [0.05, 0.1) is 8.95 Å². The number of benzene rings is 2. The van der Waals surface area contributed by atoms with Crippen LogP contribution >= 0.6 is 47.8 Å².